The van der Waals surface area contributed by atoms with Gasteiger partial charge in [-0.3, -0.25) is 4.79 Å². The summed E-state index contributed by atoms with van der Waals surface area (Å²) < 4.78 is 4.97. The highest BCUT2D eigenvalue weighted by Crippen LogP contribution is 2.04. The predicted molar refractivity (Wildman–Crippen MR) is 49.9 cm³/mol. The second-order valence-electron chi connectivity index (χ2n) is 2.96. The molecule has 1 radical (unpaired) electrons. The van der Waals surface area contributed by atoms with Gasteiger partial charge in [0.05, 0.1) is 0 Å². The van der Waals surface area contributed by atoms with Gasteiger partial charge in [-0.25, -0.2) is 0 Å². The van der Waals surface area contributed by atoms with Crippen LogP contribution in [0.15, 0.2) is 0 Å². The molecule has 71 valence electrons. The zero-order chi connectivity index (χ0) is 9.07. The van der Waals surface area contributed by atoms with Crippen molar-refractivity contribution in [3.05, 3.63) is 0 Å². The Morgan fingerprint density at radius 2 is 1.75 bits per heavy atom. The van der Waals surface area contributed by atoms with E-state index in [9.17, 15) is 4.79 Å². The standard InChI is InChI=1S/C10H19O2/c1-2-3-4-5-6-7-9-12-10-8-11/h2-7,9-10H2,1H3. The molecule has 0 unspecified atom stereocenters. The molecule has 0 spiro atoms. The van der Waals surface area contributed by atoms with E-state index in [-0.39, 0.29) is 6.61 Å². The molecule has 0 aliphatic heterocycles. The molecule has 0 fully saturated rings. The van der Waals surface area contributed by atoms with Crippen molar-refractivity contribution in [2.75, 3.05) is 13.2 Å². The molecule has 2 nitrogen and oxygen atoms in total. The summed E-state index contributed by atoms with van der Waals surface area (Å²) in [5, 5.41) is 0. The maximum Gasteiger partial charge on any atom is 0.226 e. The van der Waals surface area contributed by atoms with Crippen LogP contribution in [0.1, 0.15) is 45.4 Å². The molecule has 12 heavy (non-hydrogen) atoms. The van der Waals surface area contributed by atoms with Crippen molar-refractivity contribution < 1.29 is 9.53 Å². The lowest BCUT2D eigenvalue weighted by molar-refractivity contribution is 0.164. The van der Waals surface area contributed by atoms with Crippen molar-refractivity contribution in [1.82, 2.24) is 0 Å². The number of carbonyl (C=O) groups excluding carboxylic acids is 1. The van der Waals surface area contributed by atoms with E-state index in [1.807, 2.05) is 0 Å². The summed E-state index contributed by atoms with van der Waals surface area (Å²) in [7, 11) is 0. The first-order chi connectivity index (χ1) is 5.91. The summed E-state index contributed by atoms with van der Waals surface area (Å²) >= 11 is 0. The number of hydrogen-bond donors (Lipinski definition) is 0. The number of rotatable bonds is 9. The third kappa shape index (κ3) is 9.63. The Balaban J connectivity index is 2.77. The van der Waals surface area contributed by atoms with Crippen LogP contribution in [0.5, 0.6) is 0 Å². The van der Waals surface area contributed by atoms with Crippen molar-refractivity contribution in [3.63, 3.8) is 0 Å². The third-order valence-corrected chi connectivity index (χ3v) is 1.80. The molecule has 0 aliphatic carbocycles. The van der Waals surface area contributed by atoms with Crippen molar-refractivity contribution in [2.24, 2.45) is 0 Å². The lowest BCUT2D eigenvalue weighted by Crippen LogP contribution is -1.97. The van der Waals surface area contributed by atoms with Crippen LogP contribution in [0.2, 0.25) is 0 Å². The van der Waals surface area contributed by atoms with E-state index in [4.69, 9.17) is 4.74 Å². The minimum absolute atomic E-state index is 0.134. The summed E-state index contributed by atoms with van der Waals surface area (Å²) in [5.74, 6) is 0. The Morgan fingerprint density at radius 3 is 2.42 bits per heavy atom. The fourth-order valence-corrected chi connectivity index (χ4v) is 1.10. The molecule has 0 rings (SSSR count). The average Bonchev–Trinajstić information content (AvgIpc) is 2.10. The molecule has 0 atom stereocenters. The van der Waals surface area contributed by atoms with Crippen molar-refractivity contribution in [1.29, 1.82) is 0 Å². The van der Waals surface area contributed by atoms with Crippen LogP contribution in [0.3, 0.4) is 0 Å². The minimum Gasteiger partial charge on any atom is -0.373 e. The first-order valence-electron chi connectivity index (χ1n) is 4.84. The molecule has 0 N–H and O–H groups in total. The quantitative estimate of drug-likeness (QED) is 0.498. The highest BCUT2D eigenvalue weighted by Gasteiger charge is 1.90. The van der Waals surface area contributed by atoms with Gasteiger partial charge in [-0.05, 0) is 6.42 Å². The number of hydrogen-bond acceptors (Lipinski definition) is 2. The van der Waals surface area contributed by atoms with E-state index in [0.717, 1.165) is 6.42 Å². The Kier molecular flexibility index (Phi) is 10.3. The minimum atomic E-state index is 0.134. The first-order valence-corrected chi connectivity index (χ1v) is 4.84. The molecular formula is C10H19O2. The summed E-state index contributed by atoms with van der Waals surface area (Å²) in [6, 6.07) is 0. The number of ether oxygens (including phenoxy) is 1. The number of unbranched alkanes of at least 4 members (excludes halogenated alkanes) is 5. The monoisotopic (exact) mass is 171 g/mol. The van der Waals surface area contributed by atoms with Crippen molar-refractivity contribution in [2.45, 2.75) is 45.4 Å². The van der Waals surface area contributed by atoms with Gasteiger partial charge in [-0.2, -0.15) is 0 Å². The predicted octanol–water partition coefficient (Wildman–Crippen LogP) is 2.47. The Morgan fingerprint density at radius 1 is 1.08 bits per heavy atom. The molecule has 2 heteroatoms. The molecule has 0 saturated heterocycles. The van der Waals surface area contributed by atoms with E-state index in [1.54, 1.807) is 6.29 Å². The van der Waals surface area contributed by atoms with Gasteiger partial charge in [0, 0.05) is 6.61 Å². The summed E-state index contributed by atoms with van der Waals surface area (Å²) in [5.41, 5.74) is 0. The van der Waals surface area contributed by atoms with Gasteiger partial charge in [0.15, 0.2) is 0 Å². The van der Waals surface area contributed by atoms with E-state index < -0.39 is 0 Å². The van der Waals surface area contributed by atoms with Crippen LogP contribution in [0.25, 0.3) is 0 Å². The van der Waals surface area contributed by atoms with Gasteiger partial charge in [0.1, 0.15) is 6.61 Å². The maximum atomic E-state index is 9.73. The Bertz CT molecular complexity index is 91.8. The van der Waals surface area contributed by atoms with E-state index >= 15 is 0 Å². The molecular weight excluding hydrogens is 152 g/mol. The Hall–Kier alpha value is -0.370. The van der Waals surface area contributed by atoms with Crippen LogP contribution in [0, 0.1) is 0 Å². The molecule has 0 aliphatic rings. The van der Waals surface area contributed by atoms with Gasteiger partial charge >= 0.3 is 0 Å². The van der Waals surface area contributed by atoms with E-state index in [2.05, 4.69) is 6.92 Å². The third-order valence-electron chi connectivity index (χ3n) is 1.80. The molecule has 0 heterocycles. The normalized spacial score (nSPS) is 10.1. The second kappa shape index (κ2) is 10.6. The summed E-state index contributed by atoms with van der Waals surface area (Å²) in [6.45, 7) is 3.05. The van der Waals surface area contributed by atoms with Gasteiger partial charge in [0.25, 0.3) is 0 Å². The lowest BCUT2D eigenvalue weighted by atomic mass is 10.1. The molecule has 0 saturated carbocycles. The van der Waals surface area contributed by atoms with Crippen molar-refractivity contribution in [3.8, 4) is 0 Å². The Labute approximate surface area is 75.3 Å². The van der Waals surface area contributed by atoms with Crippen LogP contribution in [-0.4, -0.2) is 19.5 Å². The van der Waals surface area contributed by atoms with Gasteiger partial charge in [0.2, 0.25) is 6.29 Å². The van der Waals surface area contributed by atoms with E-state index in [0.29, 0.717) is 6.61 Å². The first kappa shape index (κ1) is 11.6. The maximum absolute atomic E-state index is 9.73. The largest absolute Gasteiger partial charge is 0.373 e. The van der Waals surface area contributed by atoms with Crippen LogP contribution in [-0.2, 0) is 9.53 Å². The van der Waals surface area contributed by atoms with Gasteiger partial charge in [-0.15, -0.1) is 0 Å². The van der Waals surface area contributed by atoms with Crippen molar-refractivity contribution >= 4 is 6.29 Å². The van der Waals surface area contributed by atoms with Crippen LogP contribution >= 0.6 is 0 Å². The topological polar surface area (TPSA) is 26.3 Å². The summed E-state index contributed by atoms with van der Waals surface area (Å²) in [4.78, 5) is 9.73. The SMILES string of the molecule is CCCCCCCCOC[C]=O. The summed E-state index contributed by atoms with van der Waals surface area (Å²) in [6.07, 6.45) is 9.25. The molecule has 0 aromatic rings. The molecule has 0 amide bonds. The fourth-order valence-electron chi connectivity index (χ4n) is 1.10. The highest BCUT2D eigenvalue weighted by atomic mass is 16.5. The fraction of sp³-hybridized carbons (Fsp3) is 0.900. The lowest BCUT2D eigenvalue weighted by Gasteiger charge is -1.99. The van der Waals surface area contributed by atoms with Crippen LogP contribution < -0.4 is 0 Å². The smallest absolute Gasteiger partial charge is 0.226 e. The van der Waals surface area contributed by atoms with Crippen LogP contribution in [0.4, 0.5) is 0 Å². The van der Waals surface area contributed by atoms with Gasteiger partial charge < -0.3 is 4.74 Å². The second-order valence-corrected chi connectivity index (χ2v) is 2.96. The zero-order valence-corrected chi connectivity index (χ0v) is 7.97. The molecule has 0 bridgehead atoms. The molecule has 0 aromatic heterocycles. The average molecular weight is 171 g/mol. The zero-order valence-electron chi connectivity index (χ0n) is 7.97. The highest BCUT2D eigenvalue weighted by molar-refractivity contribution is 5.51. The van der Waals surface area contributed by atoms with Gasteiger partial charge in [-0.1, -0.05) is 39.0 Å². The van der Waals surface area contributed by atoms with E-state index in [1.165, 1.54) is 32.1 Å². The molecule has 0 aromatic carbocycles.